The van der Waals surface area contributed by atoms with Crippen LogP contribution in [-0.2, 0) is 0 Å². The summed E-state index contributed by atoms with van der Waals surface area (Å²) in [6.07, 6.45) is 0. The lowest BCUT2D eigenvalue weighted by Crippen LogP contribution is -2.47. The third-order valence-electron chi connectivity index (χ3n) is 3.03. The van der Waals surface area contributed by atoms with E-state index in [0.717, 1.165) is 31.9 Å². The van der Waals surface area contributed by atoms with Gasteiger partial charge in [0.15, 0.2) is 0 Å². The molecular formula is C12H17N3OS. The third-order valence-corrected chi connectivity index (χ3v) is 3.29. The number of amides is 1. The van der Waals surface area contributed by atoms with E-state index in [9.17, 15) is 4.79 Å². The molecule has 1 heterocycles. The van der Waals surface area contributed by atoms with Gasteiger partial charge < -0.3 is 14.5 Å². The number of piperazine rings is 1. The smallest absolute Gasteiger partial charge is 0.254 e. The van der Waals surface area contributed by atoms with Gasteiger partial charge in [-0.15, -0.1) is 0 Å². The van der Waals surface area contributed by atoms with E-state index in [4.69, 9.17) is 0 Å². The number of anilines is 1. The summed E-state index contributed by atoms with van der Waals surface area (Å²) in [6.45, 7) is 3.48. The van der Waals surface area contributed by atoms with E-state index in [1.54, 1.807) is 0 Å². The van der Waals surface area contributed by atoms with Crippen LogP contribution in [0.5, 0.6) is 0 Å². The van der Waals surface area contributed by atoms with E-state index in [2.05, 4.69) is 29.5 Å². The Balaban J connectivity index is 2.08. The topological polar surface area (TPSA) is 35.6 Å². The summed E-state index contributed by atoms with van der Waals surface area (Å²) in [5.41, 5.74) is 1.56. The lowest BCUT2D eigenvalue weighted by molar-refractivity contribution is 0.0664. The minimum absolute atomic E-state index is 0.100. The van der Waals surface area contributed by atoms with Crippen molar-refractivity contribution in [2.75, 3.05) is 37.9 Å². The Morgan fingerprint density at radius 3 is 2.65 bits per heavy atom. The summed E-state index contributed by atoms with van der Waals surface area (Å²) < 4.78 is 2.75. The summed E-state index contributed by atoms with van der Waals surface area (Å²) in [6, 6.07) is 7.42. The molecule has 1 amide bonds. The molecule has 0 radical (unpaired) electrons. The molecule has 0 aliphatic carbocycles. The Kier molecular flexibility index (Phi) is 3.91. The minimum atomic E-state index is 0.100. The van der Waals surface area contributed by atoms with Crippen LogP contribution in [0.4, 0.5) is 5.69 Å². The average Bonchev–Trinajstić information content (AvgIpc) is 2.39. The maximum atomic E-state index is 12.2. The Labute approximate surface area is 107 Å². The number of nitrogens with zero attached hydrogens (tertiary/aromatic N) is 2. The van der Waals surface area contributed by atoms with Crippen LogP contribution in [0, 0.1) is 0 Å². The van der Waals surface area contributed by atoms with E-state index in [-0.39, 0.29) is 5.91 Å². The second kappa shape index (κ2) is 5.42. The molecule has 0 bridgehead atoms. The molecule has 5 heteroatoms. The zero-order valence-corrected chi connectivity index (χ0v) is 10.8. The van der Waals surface area contributed by atoms with Crippen LogP contribution in [-0.4, -0.2) is 48.9 Å². The van der Waals surface area contributed by atoms with Crippen molar-refractivity contribution in [1.29, 1.82) is 0 Å². The van der Waals surface area contributed by atoms with Crippen molar-refractivity contribution in [3.8, 4) is 0 Å². The highest BCUT2D eigenvalue weighted by atomic mass is 32.1. The van der Waals surface area contributed by atoms with Crippen LogP contribution in [0.2, 0.25) is 0 Å². The fraction of sp³-hybridized carbons (Fsp3) is 0.417. The number of nitrogens with one attached hydrogen (secondary N) is 1. The molecule has 1 saturated heterocycles. The number of benzene rings is 1. The fourth-order valence-electron chi connectivity index (χ4n) is 1.91. The molecule has 0 spiro atoms. The lowest BCUT2D eigenvalue weighted by Gasteiger charge is -2.32. The van der Waals surface area contributed by atoms with Gasteiger partial charge in [-0.3, -0.25) is 4.79 Å². The first-order chi connectivity index (χ1) is 8.20. The third kappa shape index (κ3) is 2.92. The van der Waals surface area contributed by atoms with Gasteiger partial charge in [0, 0.05) is 37.4 Å². The maximum absolute atomic E-state index is 12.2. The highest BCUT2D eigenvalue weighted by molar-refractivity contribution is 7.81. The molecule has 0 aromatic heterocycles. The van der Waals surface area contributed by atoms with Crippen molar-refractivity contribution in [3.05, 3.63) is 29.8 Å². The molecule has 92 valence electrons. The van der Waals surface area contributed by atoms with Gasteiger partial charge in [0.2, 0.25) is 0 Å². The first-order valence-electron chi connectivity index (χ1n) is 5.68. The number of hydrogen-bond acceptors (Lipinski definition) is 4. The summed E-state index contributed by atoms with van der Waals surface area (Å²) in [4.78, 5) is 16.4. The molecule has 4 nitrogen and oxygen atoms in total. The van der Waals surface area contributed by atoms with E-state index in [1.807, 2.05) is 29.2 Å². The van der Waals surface area contributed by atoms with E-state index in [0.29, 0.717) is 5.56 Å². The standard InChI is InChI=1S/C12H17N3OS/c1-14-5-7-15(8-6-14)12(16)10-3-2-4-11(9-10)13-17/h2-4,9,13,17H,5-8H2,1H3. The van der Waals surface area contributed by atoms with Crippen molar-refractivity contribution in [2.45, 2.75) is 0 Å². The summed E-state index contributed by atoms with van der Waals surface area (Å²) in [5, 5.41) is 0. The largest absolute Gasteiger partial charge is 0.336 e. The molecule has 17 heavy (non-hydrogen) atoms. The summed E-state index contributed by atoms with van der Waals surface area (Å²) >= 11 is 3.98. The predicted octanol–water partition coefficient (Wildman–Crippen LogP) is 1.33. The van der Waals surface area contributed by atoms with Crippen LogP contribution in [0.3, 0.4) is 0 Å². The SMILES string of the molecule is CN1CCN(C(=O)c2cccc(NS)c2)CC1. The molecular weight excluding hydrogens is 234 g/mol. The monoisotopic (exact) mass is 251 g/mol. The van der Waals surface area contributed by atoms with Crippen LogP contribution < -0.4 is 4.72 Å². The number of rotatable bonds is 2. The first kappa shape index (κ1) is 12.3. The highest BCUT2D eigenvalue weighted by Crippen LogP contribution is 2.14. The van der Waals surface area contributed by atoms with Crippen molar-refractivity contribution >= 4 is 24.4 Å². The molecule has 1 aliphatic rings. The Morgan fingerprint density at radius 1 is 1.29 bits per heavy atom. The van der Waals surface area contributed by atoms with Crippen molar-refractivity contribution in [2.24, 2.45) is 0 Å². The number of carbonyl (C=O) groups excluding carboxylic acids is 1. The molecule has 0 saturated carbocycles. The normalized spacial score (nSPS) is 16.9. The van der Waals surface area contributed by atoms with Gasteiger partial charge in [0.05, 0.1) is 0 Å². The second-order valence-corrected chi connectivity index (χ2v) is 4.51. The fourth-order valence-corrected chi connectivity index (χ4v) is 2.05. The summed E-state index contributed by atoms with van der Waals surface area (Å²) in [7, 11) is 2.08. The maximum Gasteiger partial charge on any atom is 0.254 e. The molecule has 0 unspecified atom stereocenters. The quantitative estimate of drug-likeness (QED) is 0.779. The molecule has 1 N–H and O–H groups in total. The van der Waals surface area contributed by atoms with Gasteiger partial charge >= 0.3 is 0 Å². The van der Waals surface area contributed by atoms with Crippen LogP contribution in [0.1, 0.15) is 10.4 Å². The molecule has 1 aliphatic heterocycles. The van der Waals surface area contributed by atoms with Crippen molar-refractivity contribution in [3.63, 3.8) is 0 Å². The van der Waals surface area contributed by atoms with E-state index in [1.165, 1.54) is 0 Å². The van der Waals surface area contributed by atoms with Gasteiger partial charge in [-0.05, 0) is 25.2 Å². The average molecular weight is 251 g/mol. The number of carbonyl (C=O) groups is 1. The van der Waals surface area contributed by atoms with Crippen LogP contribution in [0.25, 0.3) is 0 Å². The van der Waals surface area contributed by atoms with E-state index >= 15 is 0 Å². The number of thiol groups is 1. The number of likely N-dealkylation sites (N-methyl/N-ethyl adjacent to an activating group) is 1. The van der Waals surface area contributed by atoms with Gasteiger partial charge in [-0.2, -0.15) is 0 Å². The van der Waals surface area contributed by atoms with Gasteiger partial charge in [-0.1, -0.05) is 18.9 Å². The second-order valence-electron chi connectivity index (χ2n) is 4.29. The summed E-state index contributed by atoms with van der Waals surface area (Å²) in [5.74, 6) is 0.100. The highest BCUT2D eigenvalue weighted by Gasteiger charge is 2.20. The van der Waals surface area contributed by atoms with Crippen LogP contribution in [0.15, 0.2) is 24.3 Å². The molecule has 1 aromatic rings. The molecule has 1 fully saturated rings. The lowest BCUT2D eigenvalue weighted by atomic mass is 10.1. The van der Waals surface area contributed by atoms with Gasteiger partial charge in [-0.25, -0.2) is 0 Å². The minimum Gasteiger partial charge on any atom is -0.336 e. The Morgan fingerprint density at radius 2 is 2.00 bits per heavy atom. The zero-order chi connectivity index (χ0) is 12.3. The zero-order valence-electron chi connectivity index (χ0n) is 9.89. The number of hydrogen-bond donors (Lipinski definition) is 2. The van der Waals surface area contributed by atoms with Crippen molar-refractivity contribution < 1.29 is 4.79 Å². The van der Waals surface area contributed by atoms with Crippen molar-refractivity contribution in [1.82, 2.24) is 9.80 Å². The first-order valence-corrected chi connectivity index (χ1v) is 6.13. The van der Waals surface area contributed by atoms with Gasteiger partial charge in [0.25, 0.3) is 5.91 Å². The molecule has 0 atom stereocenters. The molecule has 1 aromatic carbocycles. The van der Waals surface area contributed by atoms with Crippen LogP contribution >= 0.6 is 12.8 Å². The Bertz CT molecular complexity index is 402. The predicted molar refractivity (Wildman–Crippen MR) is 72.5 cm³/mol. The Hall–Kier alpha value is -1.20. The van der Waals surface area contributed by atoms with E-state index < -0.39 is 0 Å². The van der Waals surface area contributed by atoms with Gasteiger partial charge in [0.1, 0.15) is 0 Å². The molecule has 2 rings (SSSR count).